The monoisotopic (exact) mass is 193 g/mol. The van der Waals surface area contributed by atoms with E-state index in [1.807, 2.05) is 0 Å². The fourth-order valence-corrected chi connectivity index (χ4v) is 0.604. The first-order valence-corrected chi connectivity index (χ1v) is 4.30. The number of nitrogens with zero attached hydrogens (tertiary/aromatic N) is 1. The van der Waals surface area contributed by atoms with Crippen LogP contribution in [0.5, 0.6) is 0 Å². The molecule has 1 fully saturated rings. The molecule has 2 N–H and O–H groups in total. The van der Waals surface area contributed by atoms with Crippen LogP contribution in [0.3, 0.4) is 0 Å². The van der Waals surface area contributed by atoms with Gasteiger partial charge < -0.3 is 15.5 Å². The zero-order valence-corrected chi connectivity index (χ0v) is 8.32. The zero-order chi connectivity index (χ0) is 9.40. The zero-order valence-electron chi connectivity index (χ0n) is 7.56. The van der Waals surface area contributed by atoms with E-state index >= 15 is 0 Å². The maximum Gasteiger partial charge on any atom is 0.315 e. The summed E-state index contributed by atoms with van der Waals surface area (Å²) in [6, 6.07) is 0. The molecule has 0 saturated carbocycles. The van der Waals surface area contributed by atoms with Crippen molar-refractivity contribution in [3.63, 3.8) is 0 Å². The van der Waals surface area contributed by atoms with E-state index in [4.69, 9.17) is 11.6 Å². The molecule has 72 valence electrons. The van der Waals surface area contributed by atoms with Gasteiger partial charge in [-0.05, 0) is 11.6 Å². The Morgan fingerprint density at radius 2 is 1.42 bits per heavy atom. The number of rotatable bonds is 0. The molecule has 12 heavy (non-hydrogen) atoms. The number of amides is 1. The van der Waals surface area contributed by atoms with Crippen molar-refractivity contribution in [2.24, 2.45) is 0 Å². The summed E-state index contributed by atoms with van der Waals surface area (Å²) in [5.41, 5.74) is 0. The van der Waals surface area contributed by atoms with Crippen LogP contribution < -0.4 is 10.6 Å². The van der Waals surface area contributed by atoms with Gasteiger partial charge >= 0.3 is 5.37 Å². The van der Waals surface area contributed by atoms with Gasteiger partial charge in [0.25, 0.3) is 0 Å². The average molecular weight is 194 g/mol. The first kappa shape index (κ1) is 11.7. The van der Waals surface area contributed by atoms with Crippen molar-refractivity contribution >= 4 is 17.0 Å². The summed E-state index contributed by atoms with van der Waals surface area (Å²) in [5, 5.41) is 6.01. The van der Waals surface area contributed by atoms with E-state index in [0.29, 0.717) is 0 Å². The topological polar surface area (TPSA) is 44.4 Å². The van der Waals surface area contributed by atoms with Crippen LogP contribution in [0.1, 0.15) is 0 Å². The lowest BCUT2D eigenvalue weighted by atomic mass is 10.4. The van der Waals surface area contributed by atoms with Gasteiger partial charge in [0, 0.05) is 40.3 Å². The number of nitrogens with one attached hydrogen (secondary N) is 2. The number of hydrogen-bond acceptors (Lipinski definition) is 3. The molecule has 0 atom stereocenters. The highest BCUT2D eigenvalue weighted by molar-refractivity contribution is 6.62. The van der Waals surface area contributed by atoms with Gasteiger partial charge in [-0.3, -0.25) is 4.79 Å². The van der Waals surface area contributed by atoms with E-state index < -0.39 is 5.37 Å². The number of hydrogen-bond donors (Lipinski definition) is 2. The number of carbonyl (C=O) groups excluding carboxylic acids is 1. The smallest absolute Gasteiger partial charge is 0.315 e. The molecule has 1 saturated heterocycles. The summed E-state index contributed by atoms with van der Waals surface area (Å²) in [7, 11) is 3.19. The molecule has 0 aromatic rings. The third kappa shape index (κ3) is 7.78. The van der Waals surface area contributed by atoms with E-state index in [1.54, 1.807) is 14.1 Å². The third-order valence-corrected chi connectivity index (χ3v) is 1.65. The predicted molar refractivity (Wildman–Crippen MR) is 50.7 cm³/mol. The van der Waals surface area contributed by atoms with Crippen molar-refractivity contribution in [2.75, 3.05) is 40.3 Å². The normalized spacial score (nSPS) is 15.9. The van der Waals surface area contributed by atoms with Crippen LogP contribution in [-0.4, -0.2) is 50.5 Å². The highest BCUT2D eigenvalue weighted by Crippen LogP contribution is 1.83. The Bertz CT molecular complexity index is 114. The second-order valence-corrected chi connectivity index (χ2v) is 2.97. The standard InChI is InChI=1S/C4H10N2.C3H6ClNO/c1-2-6-4-3-5-1;1-5(2)3(4)6/h5-6H,1-4H2;1-2H3. The Labute approximate surface area is 78.3 Å². The Kier molecular flexibility index (Phi) is 7.14. The summed E-state index contributed by atoms with van der Waals surface area (Å²) in [5.74, 6) is 0. The minimum absolute atomic E-state index is 0.435. The maximum absolute atomic E-state index is 9.83. The molecule has 5 heteroatoms. The first-order chi connectivity index (χ1) is 5.64. The van der Waals surface area contributed by atoms with Crippen molar-refractivity contribution in [3.8, 4) is 0 Å². The summed E-state index contributed by atoms with van der Waals surface area (Å²) < 4.78 is 0. The van der Waals surface area contributed by atoms with Crippen LogP contribution in [0.25, 0.3) is 0 Å². The lowest BCUT2D eigenvalue weighted by Crippen LogP contribution is -2.39. The number of carbonyl (C=O) groups is 1. The van der Waals surface area contributed by atoms with Crippen LogP contribution in [0.4, 0.5) is 4.79 Å². The summed E-state index contributed by atoms with van der Waals surface area (Å²) in [6.07, 6.45) is 0. The Morgan fingerprint density at radius 3 is 1.50 bits per heavy atom. The SMILES string of the molecule is C1CNCCN1.CN(C)C(=O)Cl. The van der Waals surface area contributed by atoms with Crippen molar-refractivity contribution in [1.29, 1.82) is 0 Å². The minimum atomic E-state index is -0.435. The fourth-order valence-electron chi connectivity index (χ4n) is 0.604. The van der Waals surface area contributed by atoms with Crippen molar-refractivity contribution in [2.45, 2.75) is 0 Å². The van der Waals surface area contributed by atoms with E-state index in [0.717, 1.165) is 26.2 Å². The molecule has 1 amide bonds. The summed E-state index contributed by atoms with van der Waals surface area (Å²) in [4.78, 5) is 11.1. The van der Waals surface area contributed by atoms with Crippen molar-refractivity contribution in [1.82, 2.24) is 15.5 Å². The van der Waals surface area contributed by atoms with E-state index in [9.17, 15) is 4.79 Å². The highest BCUT2D eigenvalue weighted by atomic mass is 35.5. The molecule has 0 unspecified atom stereocenters. The molecule has 0 aromatic carbocycles. The van der Waals surface area contributed by atoms with Gasteiger partial charge in [0.2, 0.25) is 0 Å². The minimum Gasteiger partial charge on any atom is -0.335 e. The van der Waals surface area contributed by atoms with Crippen LogP contribution in [0.2, 0.25) is 0 Å². The summed E-state index contributed by atoms with van der Waals surface area (Å²) >= 11 is 4.90. The lowest BCUT2D eigenvalue weighted by molar-refractivity contribution is 0.240. The molecule has 0 spiro atoms. The highest BCUT2D eigenvalue weighted by Gasteiger charge is 1.92. The summed E-state index contributed by atoms with van der Waals surface area (Å²) in [6.45, 7) is 4.56. The van der Waals surface area contributed by atoms with Gasteiger partial charge in [-0.25, -0.2) is 0 Å². The second kappa shape index (κ2) is 7.34. The molecular formula is C7H16ClN3O. The predicted octanol–water partition coefficient (Wildman–Crippen LogP) is 0.0860. The van der Waals surface area contributed by atoms with Crippen molar-refractivity contribution < 1.29 is 4.79 Å². The number of halogens is 1. The molecule has 0 aliphatic carbocycles. The van der Waals surface area contributed by atoms with Crippen LogP contribution in [0, 0.1) is 0 Å². The van der Waals surface area contributed by atoms with Gasteiger partial charge in [0.1, 0.15) is 0 Å². The van der Waals surface area contributed by atoms with Crippen LogP contribution in [-0.2, 0) is 0 Å². The Hall–Kier alpha value is -0.320. The first-order valence-electron chi connectivity index (χ1n) is 3.93. The van der Waals surface area contributed by atoms with E-state index in [1.165, 1.54) is 4.90 Å². The molecule has 4 nitrogen and oxygen atoms in total. The molecule has 0 bridgehead atoms. The quantitative estimate of drug-likeness (QED) is 0.423. The van der Waals surface area contributed by atoms with Crippen molar-refractivity contribution in [3.05, 3.63) is 0 Å². The molecular weight excluding hydrogens is 178 g/mol. The lowest BCUT2D eigenvalue weighted by Gasteiger charge is -2.11. The molecule has 1 rings (SSSR count). The average Bonchev–Trinajstić information content (AvgIpc) is 2.08. The Morgan fingerprint density at radius 1 is 1.17 bits per heavy atom. The van der Waals surface area contributed by atoms with Crippen LogP contribution >= 0.6 is 11.6 Å². The third-order valence-electron chi connectivity index (χ3n) is 1.31. The molecule has 0 radical (unpaired) electrons. The molecule has 1 aliphatic heterocycles. The van der Waals surface area contributed by atoms with Gasteiger partial charge in [-0.15, -0.1) is 0 Å². The maximum atomic E-state index is 9.83. The van der Waals surface area contributed by atoms with Gasteiger partial charge in [-0.1, -0.05) is 0 Å². The van der Waals surface area contributed by atoms with Gasteiger partial charge in [0.15, 0.2) is 0 Å². The fraction of sp³-hybridized carbons (Fsp3) is 0.857. The Balaban J connectivity index is 0.000000202. The largest absolute Gasteiger partial charge is 0.335 e. The van der Waals surface area contributed by atoms with Gasteiger partial charge in [0.05, 0.1) is 0 Å². The number of piperazine rings is 1. The van der Waals surface area contributed by atoms with E-state index in [2.05, 4.69) is 10.6 Å². The molecule has 1 aliphatic rings. The van der Waals surface area contributed by atoms with E-state index in [-0.39, 0.29) is 0 Å². The molecule has 0 aromatic heterocycles. The van der Waals surface area contributed by atoms with Crippen LogP contribution in [0.15, 0.2) is 0 Å². The second-order valence-electron chi connectivity index (χ2n) is 2.65. The molecule has 1 heterocycles. The van der Waals surface area contributed by atoms with Gasteiger partial charge in [-0.2, -0.15) is 0 Å².